The SMILES string of the molecule is CCCNC(=O)O[C@@H]1CC[C@]2(C)[C@H](CC[C@@H](O)[C@H]2CC(=O)NCc2ccc(OC)cc2)[C@]1(C)CO. The molecule has 0 bridgehead atoms. The van der Waals surface area contributed by atoms with E-state index in [-0.39, 0.29) is 36.2 Å². The third-order valence-corrected chi connectivity index (χ3v) is 8.50. The summed E-state index contributed by atoms with van der Waals surface area (Å²) < 4.78 is 11.0. The molecule has 0 aliphatic heterocycles. The van der Waals surface area contributed by atoms with Crippen LogP contribution in [0.2, 0.25) is 0 Å². The molecule has 8 heteroatoms. The Morgan fingerprint density at radius 1 is 1.11 bits per heavy atom. The molecule has 2 saturated carbocycles. The lowest BCUT2D eigenvalue weighted by atomic mass is 9.46. The van der Waals surface area contributed by atoms with E-state index in [1.165, 1.54) is 0 Å². The minimum atomic E-state index is -0.644. The van der Waals surface area contributed by atoms with Gasteiger partial charge in [0.1, 0.15) is 11.9 Å². The van der Waals surface area contributed by atoms with E-state index < -0.39 is 23.7 Å². The number of carbonyl (C=O) groups excluding carboxylic acids is 2. The maximum absolute atomic E-state index is 12.9. The second kappa shape index (κ2) is 11.6. The van der Waals surface area contributed by atoms with Gasteiger partial charge in [-0.3, -0.25) is 4.79 Å². The minimum absolute atomic E-state index is 0.0144. The van der Waals surface area contributed by atoms with E-state index in [1.54, 1.807) is 7.11 Å². The number of hydrogen-bond acceptors (Lipinski definition) is 6. The Kier molecular flexibility index (Phi) is 9.05. The highest BCUT2D eigenvalue weighted by atomic mass is 16.6. The standard InChI is InChI=1S/C27H42N2O6/c1-5-14-28-25(33)35-23-12-13-26(2)20(21(31)10-11-22(26)27(23,3)17-30)15-24(32)29-16-18-6-8-19(34-4)9-7-18/h6-9,20-23,30-31H,5,10-17H2,1-4H3,(H,28,33)(H,29,32)/t20-,21-,22+,23-,26+,27+/m1/s1. The van der Waals surface area contributed by atoms with Gasteiger partial charge in [-0.15, -0.1) is 0 Å². The summed E-state index contributed by atoms with van der Waals surface area (Å²) in [5.74, 6) is 0.437. The molecule has 2 fully saturated rings. The van der Waals surface area contributed by atoms with E-state index in [1.807, 2.05) is 38.1 Å². The van der Waals surface area contributed by atoms with Gasteiger partial charge in [-0.25, -0.2) is 4.79 Å². The number of methoxy groups -OCH3 is 1. The van der Waals surface area contributed by atoms with E-state index in [0.29, 0.717) is 32.4 Å². The van der Waals surface area contributed by atoms with Crippen LogP contribution >= 0.6 is 0 Å². The van der Waals surface area contributed by atoms with Crippen LogP contribution in [-0.2, 0) is 16.1 Å². The number of alkyl carbamates (subject to hydrolysis) is 1. The summed E-state index contributed by atoms with van der Waals surface area (Å²) in [6.45, 7) is 6.91. The van der Waals surface area contributed by atoms with Crippen molar-refractivity contribution in [1.29, 1.82) is 0 Å². The second-order valence-electron chi connectivity index (χ2n) is 10.7. The predicted octanol–water partition coefficient (Wildman–Crippen LogP) is 3.39. The number of aliphatic hydroxyl groups is 2. The summed E-state index contributed by atoms with van der Waals surface area (Å²) in [6.07, 6.45) is 2.15. The van der Waals surface area contributed by atoms with Crippen LogP contribution in [0, 0.1) is 22.7 Å². The Morgan fingerprint density at radius 3 is 2.46 bits per heavy atom. The molecule has 0 aromatic heterocycles. The topological polar surface area (TPSA) is 117 Å². The lowest BCUT2D eigenvalue weighted by Gasteiger charge is -2.60. The minimum Gasteiger partial charge on any atom is -0.497 e. The molecule has 0 saturated heterocycles. The van der Waals surface area contributed by atoms with Crippen LogP contribution in [0.25, 0.3) is 0 Å². The maximum Gasteiger partial charge on any atom is 0.407 e. The summed E-state index contributed by atoms with van der Waals surface area (Å²) in [6, 6.07) is 7.54. The van der Waals surface area contributed by atoms with Crippen molar-refractivity contribution in [2.45, 2.75) is 78.0 Å². The summed E-state index contributed by atoms with van der Waals surface area (Å²) in [7, 11) is 1.61. The van der Waals surface area contributed by atoms with Crippen molar-refractivity contribution in [3.63, 3.8) is 0 Å². The molecule has 0 unspecified atom stereocenters. The van der Waals surface area contributed by atoms with Gasteiger partial charge in [0.05, 0.1) is 19.8 Å². The van der Waals surface area contributed by atoms with E-state index in [2.05, 4.69) is 17.6 Å². The van der Waals surface area contributed by atoms with Gasteiger partial charge in [-0.05, 0) is 67.1 Å². The van der Waals surface area contributed by atoms with E-state index in [0.717, 1.165) is 24.2 Å². The number of fused-ring (bicyclic) bond motifs is 1. The average molecular weight is 491 g/mol. The molecule has 0 spiro atoms. The summed E-state index contributed by atoms with van der Waals surface area (Å²) in [4.78, 5) is 25.2. The van der Waals surface area contributed by atoms with Crippen LogP contribution in [0.5, 0.6) is 5.75 Å². The summed E-state index contributed by atoms with van der Waals surface area (Å²) in [5, 5.41) is 27.2. The Bertz CT molecular complexity index is 862. The first kappa shape index (κ1) is 27.3. The molecule has 2 amide bonds. The molecule has 2 aliphatic carbocycles. The first-order valence-corrected chi connectivity index (χ1v) is 12.8. The molecule has 1 aromatic rings. The van der Waals surface area contributed by atoms with Crippen LogP contribution < -0.4 is 15.4 Å². The Balaban J connectivity index is 1.69. The van der Waals surface area contributed by atoms with Gasteiger partial charge >= 0.3 is 6.09 Å². The molecular weight excluding hydrogens is 448 g/mol. The van der Waals surface area contributed by atoms with Crippen molar-refractivity contribution in [3.8, 4) is 5.75 Å². The first-order valence-electron chi connectivity index (χ1n) is 12.8. The molecule has 8 nitrogen and oxygen atoms in total. The third-order valence-electron chi connectivity index (χ3n) is 8.50. The molecule has 0 radical (unpaired) electrons. The van der Waals surface area contributed by atoms with Crippen molar-refractivity contribution in [3.05, 3.63) is 29.8 Å². The largest absolute Gasteiger partial charge is 0.497 e. The lowest BCUT2D eigenvalue weighted by Crippen LogP contribution is -2.61. The third kappa shape index (κ3) is 5.92. The number of amides is 2. The molecule has 2 aliphatic rings. The zero-order valence-corrected chi connectivity index (χ0v) is 21.5. The smallest absolute Gasteiger partial charge is 0.407 e. The van der Waals surface area contributed by atoms with E-state index in [9.17, 15) is 19.8 Å². The number of hydrogen-bond donors (Lipinski definition) is 4. The number of aliphatic hydroxyl groups excluding tert-OH is 2. The van der Waals surface area contributed by atoms with Crippen molar-refractivity contribution in [1.82, 2.24) is 10.6 Å². The van der Waals surface area contributed by atoms with Crippen LogP contribution in [0.1, 0.15) is 64.9 Å². The Morgan fingerprint density at radius 2 is 1.83 bits per heavy atom. The lowest BCUT2D eigenvalue weighted by molar-refractivity contribution is -0.186. The second-order valence-corrected chi connectivity index (χ2v) is 10.7. The maximum atomic E-state index is 12.9. The fourth-order valence-corrected chi connectivity index (χ4v) is 6.39. The molecular formula is C27H42N2O6. The number of benzene rings is 1. The molecule has 196 valence electrons. The number of nitrogens with one attached hydrogen (secondary N) is 2. The van der Waals surface area contributed by atoms with Crippen molar-refractivity contribution in [2.75, 3.05) is 20.3 Å². The van der Waals surface area contributed by atoms with Gasteiger partial charge in [0.15, 0.2) is 0 Å². The van der Waals surface area contributed by atoms with Crippen LogP contribution in [0.4, 0.5) is 4.79 Å². The molecule has 4 N–H and O–H groups in total. The molecule has 3 rings (SSSR count). The van der Waals surface area contributed by atoms with Gasteiger partial charge in [0.25, 0.3) is 0 Å². The van der Waals surface area contributed by atoms with Crippen molar-refractivity contribution < 1.29 is 29.3 Å². The number of ether oxygens (including phenoxy) is 2. The molecule has 35 heavy (non-hydrogen) atoms. The number of carbonyl (C=O) groups is 2. The molecule has 6 atom stereocenters. The van der Waals surface area contributed by atoms with Gasteiger partial charge in [0, 0.05) is 24.9 Å². The zero-order valence-electron chi connectivity index (χ0n) is 21.5. The van der Waals surface area contributed by atoms with Gasteiger partial charge in [0.2, 0.25) is 5.91 Å². The highest BCUT2D eigenvalue weighted by Crippen LogP contribution is 2.61. The predicted molar refractivity (Wildman–Crippen MR) is 133 cm³/mol. The van der Waals surface area contributed by atoms with Crippen LogP contribution in [0.3, 0.4) is 0 Å². The van der Waals surface area contributed by atoms with Gasteiger partial charge < -0.3 is 30.3 Å². The quantitative estimate of drug-likeness (QED) is 0.422. The fraction of sp³-hybridized carbons (Fsp3) is 0.704. The monoisotopic (exact) mass is 490 g/mol. The highest BCUT2D eigenvalue weighted by molar-refractivity contribution is 5.76. The molecule has 1 aromatic carbocycles. The van der Waals surface area contributed by atoms with E-state index >= 15 is 0 Å². The van der Waals surface area contributed by atoms with Crippen LogP contribution in [-0.4, -0.2) is 54.7 Å². The Hall–Kier alpha value is -2.32. The van der Waals surface area contributed by atoms with E-state index in [4.69, 9.17) is 9.47 Å². The Labute approximate surface area is 208 Å². The highest BCUT2D eigenvalue weighted by Gasteiger charge is 2.60. The summed E-state index contributed by atoms with van der Waals surface area (Å²) in [5.41, 5.74) is -0.0276. The van der Waals surface area contributed by atoms with Gasteiger partial charge in [-0.2, -0.15) is 0 Å². The van der Waals surface area contributed by atoms with Crippen molar-refractivity contribution in [2.24, 2.45) is 22.7 Å². The van der Waals surface area contributed by atoms with Crippen molar-refractivity contribution >= 4 is 12.0 Å². The van der Waals surface area contributed by atoms with Gasteiger partial charge in [-0.1, -0.05) is 32.9 Å². The van der Waals surface area contributed by atoms with Crippen LogP contribution in [0.15, 0.2) is 24.3 Å². The number of rotatable bonds is 9. The average Bonchev–Trinajstić information content (AvgIpc) is 2.85. The molecule has 0 heterocycles. The first-order chi connectivity index (χ1) is 16.7. The summed E-state index contributed by atoms with van der Waals surface area (Å²) >= 11 is 0. The normalized spacial score (nSPS) is 32.3. The zero-order chi connectivity index (χ0) is 25.6. The fourth-order valence-electron chi connectivity index (χ4n) is 6.39.